The lowest BCUT2D eigenvalue weighted by atomic mass is 10.0. The molecule has 10 nitrogen and oxygen atoms in total. The van der Waals surface area contributed by atoms with E-state index in [1.807, 2.05) is 12.3 Å². The number of benzene rings is 1. The van der Waals surface area contributed by atoms with E-state index in [-0.39, 0.29) is 6.42 Å². The predicted octanol–water partition coefficient (Wildman–Crippen LogP) is -0.264. The van der Waals surface area contributed by atoms with E-state index in [0.717, 1.165) is 5.56 Å². The topological polar surface area (TPSA) is 162 Å². The van der Waals surface area contributed by atoms with Crippen molar-refractivity contribution in [2.75, 3.05) is 18.6 Å². The van der Waals surface area contributed by atoms with Crippen molar-refractivity contribution >= 4 is 35.5 Å². The van der Waals surface area contributed by atoms with Crippen LogP contribution < -0.4 is 16.4 Å². The Balaban J connectivity index is 2.22. The van der Waals surface area contributed by atoms with Gasteiger partial charge in [-0.15, -0.1) is 0 Å². The van der Waals surface area contributed by atoms with Crippen LogP contribution in [-0.4, -0.2) is 87.6 Å². The molecule has 11 heteroatoms. The molecule has 1 aromatic carbocycles. The average molecular weight is 495 g/mol. The van der Waals surface area contributed by atoms with E-state index in [0.29, 0.717) is 31.6 Å². The number of aliphatic hydroxyl groups is 1. The number of nitrogens with zero attached hydrogens (tertiary/aromatic N) is 1. The van der Waals surface area contributed by atoms with Crippen LogP contribution in [-0.2, 0) is 25.6 Å². The maximum Gasteiger partial charge on any atom is 0.326 e. The first kappa shape index (κ1) is 27.6. The molecule has 6 N–H and O–H groups in total. The van der Waals surface area contributed by atoms with E-state index in [1.54, 1.807) is 24.3 Å². The van der Waals surface area contributed by atoms with Crippen LogP contribution in [0.25, 0.3) is 0 Å². The molecule has 1 heterocycles. The molecule has 0 spiro atoms. The predicted molar refractivity (Wildman–Crippen MR) is 129 cm³/mol. The molecule has 3 amide bonds. The standard InChI is InChI=1S/C23H34N4O6S/c1-14(28)19(24)21(30)26-17(13-15-7-4-3-5-8-15)20(29)25-16(10-12-34-2)22(31)27-11-6-9-18(27)23(32)33/h3-5,7-8,14,16-19,28H,6,9-13,24H2,1-2H3,(H,25,29)(H,26,30)(H,32,33). The molecular formula is C23H34N4O6S. The highest BCUT2D eigenvalue weighted by Gasteiger charge is 2.38. The summed E-state index contributed by atoms with van der Waals surface area (Å²) in [5, 5.41) is 24.4. The monoisotopic (exact) mass is 494 g/mol. The van der Waals surface area contributed by atoms with Gasteiger partial charge in [-0.2, -0.15) is 11.8 Å². The second-order valence-corrected chi connectivity index (χ2v) is 9.37. The fraction of sp³-hybridized carbons (Fsp3) is 0.565. The summed E-state index contributed by atoms with van der Waals surface area (Å²) in [6.07, 6.45) is 2.17. The van der Waals surface area contributed by atoms with Crippen molar-refractivity contribution < 1.29 is 29.4 Å². The minimum Gasteiger partial charge on any atom is -0.480 e. The summed E-state index contributed by atoms with van der Waals surface area (Å²) < 4.78 is 0. The summed E-state index contributed by atoms with van der Waals surface area (Å²) in [5.41, 5.74) is 6.51. The molecule has 1 aliphatic rings. The summed E-state index contributed by atoms with van der Waals surface area (Å²) in [4.78, 5) is 51.8. The first-order valence-electron chi connectivity index (χ1n) is 11.3. The van der Waals surface area contributed by atoms with Crippen molar-refractivity contribution in [3.05, 3.63) is 35.9 Å². The molecular weight excluding hydrogens is 460 g/mol. The number of thioether (sulfide) groups is 1. The van der Waals surface area contributed by atoms with E-state index >= 15 is 0 Å². The molecule has 188 valence electrons. The fourth-order valence-corrected chi connectivity index (χ4v) is 4.27. The molecule has 1 saturated heterocycles. The van der Waals surface area contributed by atoms with Crippen LogP contribution in [0.4, 0.5) is 0 Å². The molecule has 0 bridgehead atoms. The number of likely N-dealkylation sites (tertiary alicyclic amines) is 1. The molecule has 5 atom stereocenters. The highest BCUT2D eigenvalue weighted by atomic mass is 32.2. The second kappa shape index (κ2) is 13.3. The first-order chi connectivity index (χ1) is 16.1. The summed E-state index contributed by atoms with van der Waals surface area (Å²) in [6.45, 7) is 1.69. The lowest BCUT2D eigenvalue weighted by Gasteiger charge is -2.29. The van der Waals surface area contributed by atoms with Crippen LogP contribution >= 0.6 is 11.8 Å². The Morgan fingerprint density at radius 3 is 2.38 bits per heavy atom. The number of hydrogen-bond acceptors (Lipinski definition) is 7. The van der Waals surface area contributed by atoms with E-state index in [2.05, 4.69) is 10.6 Å². The number of nitrogens with two attached hydrogens (primary N) is 1. The van der Waals surface area contributed by atoms with Crippen LogP contribution in [0.5, 0.6) is 0 Å². The number of aliphatic carboxylic acids is 1. The van der Waals surface area contributed by atoms with Gasteiger partial charge < -0.3 is 31.5 Å². The van der Waals surface area contributed by atoms with Gasteiger partial charge in [-0.25, -0.2) is 4.79 Å². The lowest BCUT2D eigenvalue weighted by molar-refractivity contribution is -0.149. The largest absolute Gasteiger partial charge is 0.480 e. The quantitative estimate of drug-likeness (QED) is 0.265. The van der Waals surface area contributed by atoms with Gasteiger partial charge in [-0.1, -0.05) is 30.3 Å². The van der Waals surface area contributed by atoms with Gasteiger partial charge in [0.2, 0.25) is 17.7 Å². The van der Waals surface area contributed by atoms with Crippen molar-refractivity contribution in [2.24, 2.45) is 5.73 Å². The van der Waals surface area contributed by atoms with Gasteiger partial charge in [0.1, 0.15) is 24.2 Å². The van der Waals surface area contributed by atoms with E-state index < -0.39 is 54.0 Å². The third kappa shape index (κ3) is 7.71. The average Bonchev–Trinajstić information content (AvgIpc) is 3.31. The van der Waals surface area contributed by atoms with Gasteiger partial charge in [0, 0.05) is 13.0 Å². The van der Waals surface area contributed by atoms with Gasteiger partial charge in [0.05, 0.1) is 6.10 Å². The molecule has 5 unspecified atom stereocenters. The maximum absolute atomic E-state index is 13.3. The maximum atomic E-state index is 13.3. The number of nitrogens with one attached hydrogen (secondary N) is 2. The van der Waals surface area contributed by atoms with Gasteiger partial charge in [-0.3, -0.25) is 14.4 Å². The minimum atomic E-state index is -1.22. The molecule has 1 aromatic rings. The zero-order valence-electron chi connectivity index (χ0n) is 19.5. The van der Waals surface area contributed by atoms with E-state index in [9.17, 15) is 29.4 Å². The van der Waals surface area contributed by atoms with Gasteiger partial charge in [0.15, 0.2) is 0 Å². The fourth-order valence-electron chi connectivity index (χ4n) is 3.80. The Hall–Kier alpha value is -2.63. The Morgan fingerprint density at radius 1 is 1.15 bits per heavy atom. The molecule has 2 rings (SSSR count). The number of carboxylic acids is 1. The van der Waals surface area contributed by atoms with Crippen molar-refractivity contribution in [1.29, 1.82) is 0 Å². The van der Waals surface area contributed by atoms with Gasteiger partial charge in [0.25, 0.3) is 0 Å². The van der Waals surface area contributed by atoms with Crippen LogP contribution in [0.3, 0.4) is 0 Å². The molecule has 34 heavy (non-hydrogen) atoms. The normalized spacial score (nSPS) is 19.1. The smallest absolute Gasteiger partial charge is 0.326 e. The number of carbonyl (C=O) groups is 4. The summed E-state index contributed by atoms with van der Waals surface area (Å²) in [7, 11) is 0. The van der Waals surface area contributed by atoms with Gasteiger partial charge in [-0.05, 0) is 43.8 Å². The Kier molecular flexibility index (Phi) is 10.8. The SMILES string of the molecule is CSCCC(NC(=O)C(Cc1ccccc1)NC(=O)C(N)C(C)O)C(=O)N1CCCC1C(=O)O. The third-order valence-electron chi connectivity index (χ3n) is 5.78. The summed E-state index contributed by atoms with van der Waals surface area (Å²) in [5.74, 6) is -2.21. The summed E-state index contributed by atoms with van der Waals surface area (Å²) in [6, 6.07) is 4.94. The number of carboxylic acid groups (broad SMARTS) is 1. The van der Waals surface area contributed by atoms with Crippen LogP contribution in [0.2, 0.25) is 0 Å². The zero-order chi connectivity index (χ0) is 25.3. The molecule has 1 aliphatic heterocycles. The Bertz CT molecular complexity index is 853. The zero-order valence-corrected chi connectivity index (χ0v) is 20.3. The van der Waals surface area contributed by atoms with Crippen LogP contribution in [0.15, 0.2) is 30.3 Å². The highest BCUT2D eigenvalue weighted by Crippen LogP contribution is 2.20. The van der Waals surface area contributed by atoms with E-state index in [4.69, 9.17) is 5.73 Å². The van der Waals surface area contributed by atoms with Crippen molar-refractivity contribution in [3.63, 3.8) is 0 Å². The Morgan fingerprint density at radius 2 is 1.79 bits per heavy atom. The number of rotatable bonds is 12. The molecule has 0 radical (unpaired) electrons. The van der Waals surface area contributed by atoms with Crippen LogP contribution in [0.1, 0.15) is 31.7 Å². The first-order valence-corrected chi connectivity index (χ1v) is 12.7. The Labute approximate surface area is 203 Å². The molecule has 0 saturated carbocycles. The molecule has 0 aromatic heterocycles. The van der Waals surface area contributed by atoms with Crippen molar-refractivity contribution in [1.82, 2.24) is 15.5 Å². The number of carbonyl (C=O) groups excluding carboxylic acids is 3. The van der Waals surface area contributed by atoms with Crippen molar-refractivity contribution in [2.45, 2.75) is 62.9 Å². The second-order valence-electron chi connectivity index (χ2n) is 8.39. The summed E-state index contributed by atoms with van der Waals surface area (Å²) >= 11 is 1.50. The van der Waals surface area contributed by atoms with Crippen LogP contribution in [0, 0.1) is 0 Å². The number of hydrogen-bond donors (Lipinski definition) is 5. The highest BCUT2D eigenvalue weighted by molar-refractivity contribution is 7.98. The number of aliphatic hydroxyl groups excluding tert-OH is 1. The minimum absolute atomic E-state index is 0.149. The van der Waals surface area contributed by atoms with E-state index in [1.165, 1.54) is 23.6 Å². The molecule has 0 aliphatic carbocycles. The lowest BCUT2D eigenvalue weighted by Crippen LogP contribution is -2.58. The number of amides is 3. The van der Waals surface area contributed by atoms with Crippen molar-refractivity contribution in [3.8, 4) is 0 Å². The third-order valence-corrected chi connectivity index (χ3v) is 6.43. The molecule has 1 fully saturated rings. The van der Waals surface area contributed by atoms with Gasteiger partial charge >= 0.3 is 5.97 Å².